The maximum atomic E-state index is 12.8. The maximum Gasteiger partial charge on any atom is 0.270 e. The fourth-order valence-corrected chi connectivity index (χ4v) is 3.14. The normalized spacial score (nSPS) is 11.8. The van der Waals surface area contributed by atoms with E-state index in [2.05, 4.69) is 15.3 Å². The van der Waals surface area contributed by atoms with Crippen LogP contribution in [0.2, 0.25) is 0 Å². The van der Waals surface area contributed by atoms with Crippen LogP contribution in [0, 0.1) is 5.92 Å². The molecular weight excluding hydrogens is 462 g/mol. The highest BCUT2D eigenvalue weighted by molar-refractivity contribution is 5.97. The number of carbonyl (C=O) groups excluding carboxylic acids is 4. The number of nitrogens with zero attached hydrogens (tertiary/aromatic N) is 2. The quantitative estimate of drug-likeness (QED) is 0.276. The Kier molecular flexibility index (Phi) is 12.0. The van der Waals surface area contributed by atoms with Crippen molar-refractivity contribution >= 4 is 23.3 Å². The smallest absolute Gasteiger partial charge is 0.270 e. The lowest BCUT2D eigenvalue weighted by molar-refractivity contribution is -0.120. The molecule has 0 bridgehead atoms. The van der Waals surface area contributed by atoms with E-state index in [1.807, 2.05) is 13.8 Å². The van der Waals surface area contributed by atoms with E-state index in [0.29, 0.717) is 29.7 Å². The summed E-state index contributed by atoms with van der Waals surface area (Å²) in [4.78, 5) is 56.1. The molecule has 0 aromatic carbocycles. The van der Waals surface area contributed by atoms with Crippen molar-refractivity contribution < 1.29 is 28.7 Å². The Morgan fingerprint density at radius 2 is 1.61 bits per heavy atom. The SMILES string of the molecule is CCC(=O)CCOCC(COCCC(C)=O)NC(=O)c1ccc(-c2ccc(C(=O)C(C)C)cn2)cn1. The molecule has 1 atom stereocenters. The van der Waals surface area contributed by atoms with Crippen molar-refractivity contribution in [3.05, 3.63) is 47.9 Å². The van der Waals surface area contributed by atoms with Crippen LogP contribution in [0.15, 0.2) is 36.7 Å². The van der Waals surface area contributed by atoms with Crippen LogP contribution in [-0.4, -0.2) is 65.7 Å². The minimum absolute atomic E-state index is 0.0184. The predicted molar refractivity (Wildman–Crippen MR) is 135 cm³/mol. The monoisotopic (exact) mass is 497 g/mol. The summed E-state index contributed by atoms with van der Waals surface area (Å²) < 4.78 is 11.1. The van der Waals surface area contributed by atoms with Gasteiger partial charge in [-0.1, -0.05) is 20.8 Å². The summed E-state index contributed by atoms with van der Waals surface area (Å²) in [7, 11) is 0. The van der Waals surface area contributed by atoms with Crippen LogP contribution < -0.4 is 5.32 Å². The zero-order valence-corrected chi connectivity index (χ0v) is 21.4. The molecule has 194 valence electrons. The Morgan fingerprint density at radius 3 is 2.14 bits per heavy atom. The van der Waals surface area contributed by atoms with Gasteiger partial charge in [0.1, 0.15) is 17.3 Å². The molecule has 0 saturated heterocycles. The van der Waals surface area contributed by atoms with Gasteiger partial charge < -0.3 is 14.8 Å². The minimum Gasteiger partial charge on any atom is -0.379 e. The molecular formula is C27H35N3O6. The van der Waals surface area contributed by atoms with Crippen LogP contribution in [0.5, 0.6) is 0 Å². The molecule has 0 fully saturated rings. The van der Waals surface area contributed by atoms with Gasteiger partial charge in [-0.2, -0.15) is 0 Å². The molecule has 9 heteroatoms. The second-order valence-corrected chi connectivity index (χ2v) is 8.80. The second-order valence-electron chi connectivity index (χ2n) is 8.80. The molecule has 0 saturated carbocycles. The Balaban J connectivity index is 1.99. The fourth-order valence-electron chi connectivity index (χ4n) is 3.14. The highest BCUT2D eigenvalue weighted by Gasteiger charge is 2.17. The van der Waals surface area contributed by atoms with E-state index >= 15 is 0 Å². The lowest BCUT2D eigenvalue weighted by Crippen LogP contribution is -2.42. The third-order valence-corrected chi connectivity index (χ3v) is 5.36. The summed E-state index contributed by atoms with van der Waals surface area (Å²) in [5.74, 6) is -0.358. The molecule has 36 heavy (non-hydrogen) atoms. The predicted octanol–water partition coefficient (Wildman–Crippen LogP) is 3.46. The van der Waals surface area contributed by atoms with Crippen molar-refractivity contribution in [2.45, 2.75) is 53.0 Å². The number of amides is 1. The summed E-state index contributed by atoms with van der Waals surface area (Å²) in [5.41, 5.74) is 2.11. The fraction of sp³-hybridized carbons (Fsp3) is 0.481. The zero-order chi connectivity index (χ0) is 26.5. The van der Waals surface area contributed by atoms with Crippen LogP contribution in [0.25, 0.3) is 11.3 Å². The molecule has 1 N–H and O–H groups in total. The van der Waals surface area contributed by atoms with Gasteiger partial charge in [0, 0.05) is 48.7 Å². The molecule has 2 aromatic rings. The molecule has 0 spiro atoms. The largest absolute Gasteiger partial charge is 0.379 e. The van der Waals surface area contributed by atoms with Gasteiger partial charge in [-0.3, -0.25) is 29.1 Å². The number of hydrogen-bond acceptors (Lipinski definition) is 8. The summed E-state index contributed by atoms with van der Waals surface area (Å²) in [6, 6.07) is 6.33. The number of carbonyl (C=O) groups is 4. The van der Waals surface area contributed by atoms with E-state index in [9.17, 15) is 19.2 Å². The molecule has 1 amide bonds. The Labute approximate surface area is 212 Å². The molecule has 0 aliphatic rings. The average Bonchev–Trinajstić information content (AvgIpc) is 2.88. The van der Waals surface area contributed by atoms with Gasteiger partial charge in [-0.25, -0.2) is 0 Å². The molecule has 9 nitrogen and oxygen atoms in total. The standard InChI is InChI=1S/C27H35N3O6/c1-5-23(32)11-13-36-17-22(16-35-12-10-19(4)31)30-27(34)25-9-6-20(14-29-25)24-8-7-21(15-28-24)26(33)18(2)3/h6-9,14-15,18,22H,5,10-13,16-17H2,1-4H3,(H,30,34). The zero-order valence-electron chi connectivity index (χ0n) is 21.4. The molecule has 0 aliphatic heterocycles. The van der Waals surface area contributed by atoms with E-state index in [4.69, 9.17) is 9.47 Å². The van der Waals surface area contributed by atoms with E-state index in [-0.39, 0.29) is 61.8 Å². The highest BCUT2D eigenvalue weighted by atomic mass is 16.5. The summed E-state index contributed by atoms with van der Waals surface area (Å²) in [6.07, 6.45) is 4.15. The number of nitrogens with one attached hydrogen (secondary N) is 1. The number of pyridine rings is 2. The third-order valence-electron chi connectivity index (χ3n) is 5.36. The molecule has 0 radical (unpaired) electrons. The summed E-state index contributed by atoms with van der Waals surface area (Å²) >= 11 is 0. The molecule has 2 heterocycles. The molecule has 0 aliphatic carbocycles. The number of rotatable bonds is 16. The van der Waals surface area contributed by atoms with Crippen LogP contribution in [0.4, 0.5) is 0 Å². The second kappa shape index (κ2) is 15.0. The van der Waals surface area contributed by atoms with Gasteiger partial charge in [0.2, 0.25) is 0 Å². The van der Waals surface area contributed by atoms with Crippen molar-refractivity contribution in [2.75, 3.05) is 26.4 Å². The molecule has 2 aromatic heterocycles. The van der Waals surface area contributed by atoms with Crippen molar-refractivity contribution in [3.8, 4) is 11.3 Å². The van der Waals surface area contributed by atoms with Crippen LogP contribution >= 0.6 is 0 Å². The van der Waals surface area contributed by atoms with Gasteiger partial charge in [0.25, 0.3) is 5.91 Å². The van der Waals surface area contributed by atoms with E-state index in [1.54, 1.807) is 43.6 Å². The van der Waals surface area contributed by atoms with Gasteiger partial charge in [0.05, 0.1) is 38.2 Å². The first-order valence-electron chi connectivity index (χ1n) is 12.1. The summed E-state index contributed by atoms with van der Waals surface area (Å²) in [5, 5.41) is 2.84. The third kappa shape index (κ3) is 9.75. The Bertz CT molecular complexity index is 1020. The van der Waals surface area contributed by atoms with Gasteiger partial charge >= 0.3 is 0 Å². The van der Waals surface area contributed by atoms with Gasteiger partial charge in [0.15, 0.2) is 5.78 Å². The highest BCUT2D eigenvalue weighted by Crippen LogP contribution is 2.17. The first-order chi connectivity index (χ1) is 17.2. The topological polar surface area (TPSA) is 125 Å². The average molecular weight is 498 g/mol. The number of hydrogen-bond donors (Lipinski definition) is 1. The Morgan fingerprint density at radius 1 is 0.917 bits per heavy atom. The van der Waals surface area contributed by atoms with Crippen molar-refractivity contribution in [3.63, 3.8) is 0 Å². The first kappa shape index (κ1) is 28.9. The number of ketones is 3. The van der Waals surface area contributed by atoms with E-state index in [1.165, 1.54) is 6.92 Å². The lowest BCUT2D eigenvalue weighted by Gasteiger charge is -2.19. The molecule has 2 rings (SSSR count). The number of aromatic nitrogens is 2. The number of ether oxygens (including phenoxy) is 2. The minimum atomic E-state index is -0.477. The van der Waals surface area contributed by atoms with Crippen LogP contribution in [-0.2, 0) is 19.1 Å². The van der Waals surface area contributed by atoms with Crippen LogP contribution in [0.1, 0.15) is 67.8 Å². The maximum absolute atomic E-state index is 12.8. The van der Waals surface area contributed by atoms with E-state index in [0.717, 1.165) is 0 Å². The van der Waals surface area contributed by atoms with Crippen molar-refractivity contribution in [2.24, 2.45) is 5.92 Å². The molecule has 1 unspecified atom stereocenters. The van der Waals surface area contributed by atoms with Gasteiger partial charge in [-0.15, -0.1) is 0 Å². The summed E-state index contributed by atoms with van der Waals surface area (Å²) in [6.45, 7) is 7.78. The van der Waals surface area contributed by atoms with E-state index < -0.39 is 11.9 Å². The van der Waals surface area contributed by atoms with Crippen molar-refractivity contribution in [1.82, 2.24) is 15.3 Å². The first-order valence-corrected chi connectivity index (χ1v) is 12.1. The Hall–Kier alpha value is -3.30. The lowest BCUT2D eigenvalue weighted by atomic mass is 10.0. The number of Topliss-reactive ketones (excluding diaryl/α,β-unsaturated/α-hetero) is 3. The van der Waals surface area contributed by atoms with Crippen molar-refractivity contribution in [1.29, 1.82) is 0 Å². The van der Waals surface area contributed by atoms with Gasteiger partial charge in [-0.05, 0) is 31.2 Å². The van der Waals surface area contributed by atoms with Crippen LogP contribution in [0.3, 0.4) is 0 Å².